The second-order valence-electron chi connectivity index (χ2n) is 8.25. The van der Waals surface area contributed by atoms with Crippen molar-refractivity contribution in [2.45, 2.75) is 20.3 Å². The lowest BCUT2D eigenvalue weighted by molar-refractivity contribution is -0.119. The van der Waals surface area contributed by atoms with Gasteiger partial charge in [0, 0.05) is 28.4 Å². The number of hydrogen-bond acceptors (Lipinski definition) is 4. The van der Waals surface area contributed by atoms with E-state index >= 15 is 0 Å². The van der Waals surface area contributed by atoms with Crippen molar-refractivity contribution in [1.82, 2.24) is 0 Å². The summed E-state index contributed by atoms with van der Waals surface area (Å²) in [5, 5.41) is 9.32. The molecule has 172 valence electrons. The van der Waals surface area contributed by atoms with Gasteiger partial charge in [-0.25, -0.2) is 0 Å². The molecule has 4 rings (SSSR count). The quantitative estimate of drug-likeness (QED) is 0.344. The number of anilines is 3. The first-order chi connectivity index (χ1) is 16.4. The second-order valence-corrected chi connectivity index (χ2v) is 8.25. The number of amides is 3. The standard InChI is InChI=1S/C27H25N3O4/c1-17(2)26(32)30-22-8-5-7-21(16-22)28-25(31)14-18-10-12-20(13-11-18)29-27(33)24-15-19-6-3-4-9-23(19)34-24/h3-13,15-17H,14H2,1-2H3,(H,28,31)(H,29,33)(H,30,32). The van der Waals surface area contributed by atoms with Crippen molar-refractivity contribution in [3.8, 4) is 0 Å². The summed E-state index contributed by atoms with van der Waals surface area (Å²) < 4.78 is 5.59. The van der Waals surface area contributed by atoms with Crippen molar-refractivity contribution in [3.05, 3.63) is 90.2 Å². The van der Waals surface area contributed by atoms with Crippen LogP contribution in [0.15, 0.2) is 83.3 Å². The van der Waals surface area contributed by atoms with Crippen LogP contribution in [0.25, 0.3) is 11.0 Å². The fourth-order valence-corrected chi connectivity index (χ4v) is 3.34. The maximum Gasteiger partial charge on any atom is 0.291 e. The van der Waals surface area contributed by atoms with Crippen molar-refractivity contribution in [2.75, 3.05) is 16.0 Å². The molecule has 4 aromatic rings. The van der Waals surface area contributed by atoms with Gasteiger partial charge in [0.1, 0.15) is 5.58 Å². The molecule has 0 atom stereocenters. The molecule has 0 spiro atoms. The normalized spacial score (nSPS) is 10.8. The first-order valence-electron chi connectivity index (χ1n) is 11.0. The summed E-state index contributed by atoms with van der Waals surface area (Å²) in [5.74, 6) is -0.519. The number of carbonyl (C=O) groups excluding carboxylic acids is 3. The third-order valence-electron chi connectivity index (χ3n) is 5.16. The average molecular weight is 456 g/mol. The van der Waals surface area contributed by atoms with Gasteiger partial charge in [-0.3, -0.25) is 14.4 Å². The summed E-state index contributed by atoms with van der Waals surface area (Å²) in [6.45, 7) is 3.63. The van der Waals surface area contributed by atoms with Gasteiger partial charge in [0.25, 0.3) is 5.91 Å². The van der Waals surface area contributed by atoms with Crippen LogP contribution in [0, 0.1) is 5.92 Å². The first-order valence-corrected chi connectivity index (χ1v) is 11.0. The Balaban J connectivity index is 1.33. The number of carbonyl (C=O) groups is 3. The van der Waals surface area contributed by atoms with E-state index in [0.29, 0.717) is 22.6 Å². The summed E-state index contributed by atoms with van der Waals surface area (Å²) >= 11 is 0. The summed E-state index contributed by atoms with van der Waals surface area (Å²) in [5.41, 5.74) is 3.27. The predicted octanol–water partition coefficient (Wildman–Crippen LogP) is 5.46. The van der Waals surface area contributed by atoms with Crippen LogP contribution < -0.4 is 16.0 Å². The van der Waals surface area contributed by atoms with Gasteiger partial charge >= 0.3 is 0 Å². The molecule has 1 aromatic heterocycles. The average Bonchev–Trinajstić information content (AvgIpc) is 3.25. The minimum Gasteiger partial charge on any atom is -0.451 e. The highest BCUT2D eigenvalue weighted by Crippen LogP contribution is 2.21. The van der Waals surface area contributed by atoms with Crippen molar-refractivity contribution in [1.29, 1.82) is 0 Å². The van der Waals surface area contributed by atoms with Crippen molar-refractivity contribution in [2.24, 2.45) is 5.92 Å². The van der Waals surface area contributed by atoms with Crippen LogP contribution in [0.4, 0.5) is 17.1 Å². The van der Waals surface area contributed by atoms with Crippen molar-refractivity contribution >= 4 is 45.8 Å². The molecule has 3 N–H and O–H groups in total. The van der Waals surface area contributed by atoms with Gasteiger partial charge in [-0.1, -0.05) is 50.2 Å². The van der Waals surface area contributed by atoms with E-state index in [0.717, 1.165) is 10.9 Å². The third kappa shape index (κ3) is 5.69. The van der Waals surface area contributed by atoms with Crippen LogP contribution in [0.5, 0.6) is 0 Å². The van der Waals surface area contributed by atoms with Gasteiger partial charge < -0.3 is 20.4 Å². The Kier molecular flexibility index (Phi) is 6.73. The second kappa shape index (κ2) is 10.0. The van der Waals surface area contributed by atoms with Crippen LogP contribution in [0.2, 0.25) is 0 Å². The van der Waals surface area contributed by atoms with E-state index in [4.69, 9.17) is 4.42 Å². The number of fused-ring (bicyclic) bond motifs is 1. The zero-order chi connectivity index (χ0) is 24.1. The number of nitrogens with one attached hydrogen (secondary N) is 3. The Labute approximate surface area is 197 Å². The summed E-state index contributed by atoms with van der Waals surface area (Å²) in [6.07, 6.45) is 0.167. The number of benzene rings is 3. The molecule has 7 nitrogen and oxygen atoms in total. The van der Waals surface area contributed by atoms with Gasteiger partial charge in [-0.05, 0) is 48.0 Å². The number of rotatable bonds is 7. The zero-order valence-electron chi connectivity index (χ0n) is 18.9. The monoisotopic (exact) mass is 455 g/mol. The lowest BCUT2D eigenvalue weighted by atomic mass is 10.1. The van der Waals surface area contributed by atoms with Gasteiger partial charge in [-0.15, -0.1) is 0 Å². The fraction of sp³-hybridized carbons (Fsp3) is 0.148. The van der Waals surface area contributed by atoms with Gasteiger partial charge in [0.2, 0.25) is 11.8 Å². The van der Waals surface area contributed by atoms with Crippen LogP contribution in [-0.2, 0) is 16.0 Å². The lowest BCUT2D eigenvalue weighted by Gasteiger charge is -2.10. The summed E-state index contributed by atoms with van der Waals surface area (Å²) in [4.78, 5) is 36.8. The van der Waals surface area contributed by atoms with Gasteiger partial charge in [-0.2, -0.15) is 0 Å². The Bertz CT molecular complexity index is 1310. The smallest absolute Gasteiger partial charge is 0.291 e. The van der Waals surface area contributed by atoms with E-state index < -0.39 is 0 Å². The highest BCUT2D eigenvalue weighted by Gasteiger charge is 2.13. The van der Waals surface area contributed by atoms with Crippen molar-refractivity contribution < 1.29 is 18.8 Å². The molecule has 0 bridgehead atoms. The van der Waals surface area contributed by atoms with Gasteiger partial charge in [0.15, 0.2) is 5.76 Å². The number of hydrogen-bond donors (Lipinski definition) is 3. The summed E-state index contributed by atoms with van der Waals surface area (Å²) in [7, 11) is 0. The van der Waals surface area contributed by atoms with Crippen LogP contribution in [0.1, 0.15) is 30.0 Å². The lowest BCUT2D eigenvalue weighted by Crippen LogP contribution is -2.18. The largest absolute Gasteiger partial charge is 0.451 e. The molecule has 3 aromatic carbocycles. The molecule has 0 aliphatic heterocycles. The Hall–Kier alpha value is -4.39. The first kappa shape index (κ1) is 22.8. The molecule has 34 heavy (non-hydrogen) atoms. The number of para-hydroxylation sites is 1. The number of furan rings is 1. The maximum atomic E-state index is 12.5. The van der Waals surface area contributed by atoms with E-state index in [1.807, 2.05) is 38.1 Å². The van der Waals surface area contributed by atoms with Crippen LogP contribution in [0.3, 0.4) is 0 Å². The minimum absolute atomic E-state index is 0.0871. The molecule has 0 radical (unpaired) electrons. The highest BCUT2D eigenvalue weighted by molar-refractivity contribution is 6.04. The third-order valence-corrected chi connectivity index (χ3v) is 5.16. The van der Waals surface area contributed by atoms with E-state index in [1.54, 1.807) is 54.6 Å². The molecule has 3 amide bonds. The maximum absolute atomic E-state index is 12.5. The zero-order valence-corrected chi connectivity index (χ0v) is 18.9. The molecule has 0 aliphatic rings. The van der Waals surface area contributed by atoms with E-state index in [2.05, 4.69) is 16.0 Å². The molecule has 0 fully saturated rings. The Morgan fingerprint density at radius 3 is 2.18 bits per heavy atom. The molecule has 1 heterocycles. The fourth-order valence-electron chi connectivity index (χ4n) is 3.34. The van der Waals surface area contributed by atoms with Crippen molar-refractivity contribution in [3.63, 3.8) is 0 Å². The highest BCUT2D eigenvalue weighted by atomic mass is 16.3. The predicted molar refractivity (Wildman–Crippen MR) is 133 cm³/mol. The Morgan fingerprint density at radius 1 is 0.765 bits per heavy atom. The molecule has 0 saturated heterocycles. The molecule has 0 aliphatic carbocycles. The van der Waals surface area contributed by atoms with Crippen LogP contribution in [-0.4, -0.2) is 17.7 Å². The SMILES string of the molecule is CC(C)C(=O)Nc1cccc(NC(=O)Cc2ccc(NC(=O)c3cc4ccccc4o3)cc2)c1. The molecule has 0 saturated carbocycles. The molecule has 7 heteroatoms. The molecule has 0 unspecified atom stereocenters. The Morgan fingerprint density at radius 2 is 1.47 bits per heavy atom. The topological polar surface area (TPSA) is 100 Å². The van der Waals surface area contributed by atoms with E-state index in [9.17, 15) is 14.4 Å². The summed E-state index contributed by atoms with van der Waals surface area (Å²) in [6, 6.07) is 23.2. The molecular formula is C27H25N3O4. The molecular weight excluding hydrogens is 430 g/mol. The van der Waals surface area contributed by atoms with Crippen LogP contribution >= 0.6 is 0 Å². The van der Waals surface area contributed by atoms with E-state index in [1.165, 1.54) is 0 Å². The van der Waals surface area contributed by atoms with E-state index in [-0.39, 0.29) is 35.8 Å². The minimum atomic E-state index is -0.342. The van der Waals surface area contributed by atoms with Gasteiger partial charge in [0.05, 0.1) is 6.42 Å².